The summed E-state index contributed by atoms with van der Waals surface area (Å²) in [6.45, 7) is 4.60. The highest BCUT2D eigenvalue weighted by Gasteiger charge is 2.33. The number of benzene rings is 2. The van der Waals surface area contributed by atoms with Crippen molar-refractivity contribution < 1.29 is 13.2 Å². The number of nitrogens with one attached hydrogen (secondary N) is 1. The van der Waals surface area contributed by atoms with E-state index in [1.54, 1.807) is 41.7 Å². The van der Waals surface area contributed by atoms with Crippen molar-refractivity contribution in [3.8, 4) is 0 Å². The lowest BCUT2D eigenvalue weighted by atomic mass is 9.98. The van der Waals surface area contributed by atoms with Crippen molar-refractivity contribution in [2.75, 3.05) is 56.5 Å². The number of thiazole rings is 1. The van der Waals surface area contributed by atoms with Crippen LogP contribution in [0.5, 0.6) is 0 Å². The number of fused-ring (bicyclic) bond motifs is 1. The number of hydrogen-bond acceptors (Lipinski definition) is 7. The monoisotopic (exact) mass is 499 g/mol. The van der Waals surface area contributed by atoms with Crippen molar-refractivity contribution in [1.29, 1.82) is 0 Å². The number of anilines is 2. The summed E-state index contributed by atoms with van der Waals surface area (Å²) < 4.78 is 28.5. The van der Waals surface area contributed by atoms with E-state index in [0.717, 1.165) is 41.5 Å². The van der Waals surface area contributed by atoms with Crippen LogP contribution in [0.25, 0.3) is 10.2 Å². The van der Waals surface area contributed by atoms with E-state index < -0.39 is 10.0 Å². The molecule has 2 fully saturated rings. The van der Waals surface area contributed by atoms with Gasteiger partial charge in [0.1, 0.15) is 0 Å². The fourth-order valence-corrected chi connectivity index (χ4v) is 7.09. The second kappa shape index (κ2) is 9.61. The van der Waals surface area contributed by atoms with Crippen LogP contribution in [0, 0.1) is 5.92 Å². The summed E-state index contributed by atoms with van der Waals surface area (Å²) in [5.41, 5.74) is 1.64. The van der Waals surface area contributed by atoms with Gasteiger partial charge in [-0.15, -0.1) is 0 Å². The largest absolute Gasteiger partial charge is 0.345 e. The van der Waals surface area contributed by atoms with Gasteiger partial charge in [0.05, 0.1) is 21.0 Å². The zero-order chi connectivity index (χ0) is 23.7. The molecular formula is C24H29N5O3S2. The molecule has 3 heterocycles. The molecule has 0 aliphatic carbocycles. The van der Waals surface area contributed by atoms with Crippen molar-refractivity contribution >= 4 is 48.3 Å². The Balaban J connectivity index is 1.26. The van der Waals surface area contributed by atoms with Gasteiger partial charge < -0.3 is 15.1 Å². The molecule has 1 atom stereocenters. The van der Waals surface area contributed by atoms with Crippen LogP contribution in [0.3, 0.4) is 0 Å². The van der Waals surface area contributed by atoms with Gasteiger partial charge in [0.15, 0.2) is 5.13 Å². The molecular weight excluding hydrogens is 470 g/mol. The first-order valence-electron chi connectivity index (χ1n) is 11.6. The molecule has 1 N–H and O–H groups in total. The molecule has 5 rings (SSSR count). The molecule has 0 radical (unpaired) electrons. The van der Waals surface area contributed by atoms with E-state index in [1.165, 1.54) is 4.31 Å². The quantitative estimate of drug-likeness (QED) is 0.581. The molecule has 0 spiro atoms. The van der Waals surface area contributed by atoms with E-state index in [1.807, 2.05) is 18.2 Å². The van der Waals surface area contributed by atoms with Crippen molar-refractivity contribution in [2.45, 2.75) is 17.7 Å². The zero-order valence-electron chi connectivity index (χ0n) is 19.2. The summed E-state index contributed by atoms with van der Waals surface area (Å²) in [6, 6.07) is 14.2. The maximum absolute atomic E-state index is 13.0. The van der Waals surface area contributed by atoms with Crippen LogP contribution < -0.4 is 10.2 Å². The number of piperazine rings is 1. The molecule has 0 saturated carbocycles. The first-order valence-corrected chi connectivity index (χ1v) is 13.9. The third-order valence-corrected chi connectivity index (χ3v) is 9.51. The predicted molar refractivity (Wildman–Crippen MR) is 136 cm³/mol. The molecule has 34 heavy (non-hydrogen) atoms. The minimum atomic E-state index is -3.60. The number of likely N-dealkylation sites (N-methyl/N-ethyl adjacent to an activating group) is 1. The average molecular weight is 500 g/mol. The molecule has 8 nitrogen and oxygen atoms in total. The Morgan fingerprint density at radius 2 is 1.82 bits per heavy atom. The van der Waals surface area contributed by atoms with Crippen molar-refractivity contribution in [2.24, 2.45) is 5.92 Å². The summed E-state index contributed by atoms with van der Waals surface area (Å²) in [4.78, 5) is 22.7. The Hall–Kier alpha value is -2.53. The van der Waals surface area contributed by atoms with Crippen LogP contribution in [-0.4, -0.2) is 74.8 Å². The molecule has 0 bridgehead atoms. The van der Waals surface area contributed by atoms with Crippen molar-refractivity contribution in [3.63, 3.8) is 0 Å². The van der Waals surface area contributed by atoms with Gasteiger partial charge in [-0.25, -0.2) is 13.4 Å². The highest BCUT2D eigenvalue weighted by atomic mass is 32.2. The Bertz CT molecular complexity index is 1270. The van der Waals surface area contributed by atoms with Gasteiger partial charge in [0.25, 0.3) is 0 Å². The minimum absolute atomic E-state index is 0.142. The number of sulfonamides is 1. The number of piperidine rings is 1. The van der Waals surface area contributed by atoms with Gasteiger partial charge >= 0.3 is 0 Å². The van der Waals surface area contributed by atoms with Crippen LogP contribution in [0.4, 0.5) is 10.8 Å². The number of amides is 1. The SMILES string of the molecule is CN1CCN(c2nc3ccc(NC(=O)C4CCCN(S(=O)(=O)c5ccccc5)C4)cc3s2)CC1. The Labute approximate surface area is 204 Å². The third-order valence-electron chi connectivity index (χ3n) is 6.55. The minimum Gasteiger partial charge on any atom is -0.345 e. The van der Waals surface area contributed by atoms with Gasteiger partial charge in [-0.05, 0) is 50.2 Å². The highest BCUT2D eigenvalue weighted by Crippen LogP contribution is 2.32. The Kier molecular flexibility index (Phi) is 6.57. The number of aromatic nitrogens is 1. The lowest BCUT2D eigenvalue weighted by molar-refractivity contribution is -0.120. The lowest BCUT2D eigenvalue weighted by Crippen LogP contribution is -2.44. The smallest absolute Gasteiger partial charge is 0.243 e. The van der Waals surface area contributed by atoms with Crippen LogP contribution in [0.15, 0.2) is 53.4 Å². The van der Waals surface area contributed by atoms with E-state index >= 15 is 0 Å². The fraction of sp³-hybridized carbons (Fsp3) is 0.417. The van der Waals surface area contributed by atoms with Gasteiger partial charge in [-0.2, -0.15) is 4.31 Å². The number of carbonyl (C=O) groups is 1. The molecule has 1 unspecified atom stereocenters. The summed E-state index contributed by atoms with van der Waals surface area (Å²) in [5, 5.41) is 4.02. The maximum atomic E-state index is 13.0. The molecule has 180 valence electrons. The van der Waals surface area contributed by atoms with E-state index in [0.29, 0.717) is 25.1 Å². The van der Waals surface area contributed by atoms with Crippen LogP contribution >= 0.6 is 11.3 Å². The van der Waals surface area contributed by atoms with Crippen molar-refractivity contribution in [1.82, 2.24) is 14.2 Å². The lowest BCUT2D eigenvalue weighted by Gasteiger charge is -2.32. The molecule has 3 aromatic rings. The van der Waals surface area contributed by atoms with Crippen LogP contribution in [0.1, 0.15) is 12.8 Å². The fourth-order valence-electron chi connectivity index (χ4n) is 4.48. The first kappa shape index (κ1) is 23.2. The summed E-state index contributed by atoms with van der Waals surface area (Å²) in [7, 11) is -1.47. The topological polar surface area (TPSA) is 85.8 Å². The standard InChI is InChI=1S/C24H29N5O3S2/c1-27-12-14-28(15-13-27)24-26-21-10-9-19(16-22(21)33-24)25-23(30)18-6-5-11-29(17-18)34(31,32)20-7-3-2-4-8-20/h2-4,7-10,16,18H,5-6,11-15,17H2,1H3,(H,25,30). The number of nitrogens with zero attached hydrogens (tertiary/aromatic N) is 4. The Morgan fingerprint density at radius 3 is 2.59 bits per heavy atom. The summed E-state index contributed by atoms with van der Waals surface area (Å²) in [5.74, 6) is -0.526. The number of hydrogen-bond donors (Lipinski definition) is 1. The highest BCUT2D eigenvalue weighted by molar-refractivity contribution is 7.89. The van der Waals surface area contributed by atoms with Crippen molar-refractivity contribution in [3.05, 3.63) is 48.5 Å². The van der Waals surface area contributed by atoms with Gasteiger partial charge in [0.2, 0.25) is 15.9 Å². The first-order chi connectivity index (χ1) is 16.4. The molecule has 2 aliphatic rings. The molecule has 1 amide bonds. The second-order valence-corrected chi connectivity index (χ2v) is 11.9. The van der Waals surface area contributed by atoms with Gasteiger partial charge in [-0.3, -0.25) is 4.79 Å². The average Bonchev–Trinajstić information content (AvgIpc) is 3.28. The molecule has 1 aromatic heterocycles. The zero-order valence-corrected chi connectivity index (χ0v) is 20.8. The third kappa shape index (κ3) is 4.81. The van der Waals surface area contributed by atoms with Gasteiger partial charge in [-0.1, -0.05) is 29.5 Å². The van der Waals surface area contributed by atoms with E-state index in [9.17, 15) is 13.2 Å². The van der Waals surface area contributed by atoms with Crippen LogP contribution in [0.2, 0.25) is 0 Å². The maximum Gasteiger partial charge on any atom is 0.243 e. The number of rotatable bonds is 5. The summed E-state index contributed by atoms with van der Waals surface area (Å²) in [6.07, 6.45) is 1.33. The molecule has 10 heteroatoms. The van der Waals surface area contributed by atoms with E-state index in [-0.39, 0.29) is 23.3 Å². The van der Waals surface area contributed by atoms with Crippen LogP contribution in [-0.2, 0) is 14.8 Å². The predicted octanol–water partition coefficient (Wildman–Crippen LogP) is 3.09. The normalized spacial score (nSPS) is 20.5. The molecule has 2 aliphatic heterocycles. The van der Waals surface area contributed by atoms with E-state index in [2.05, 4.69) is 22.2 Å². The Morgan fingerprint density at radius 1 is 1.06 bits per heavy atom. The number of carbonyl (C=O) groups excluding carboxylic acids is 1. The van der Waals surface area contributed by atoms with Gasteiger partial charge in [0, 0.05) is 45.0 Å². The second-order valence-electron chi connectivity index (χ2n) is 8.97. The molecule has 2 aromatic carbocycles. The van der Waals surface area contributed by atoms with E-state index in [4.69, 9.17) is 4.98 Å². The summed E-state index contributed by atoms with van der Waals surface area (Å²) >= 11 is 1.64. The molecule has 2 saturated heterocycles.